The van der Waals surface area contributed by atoms with Crippen molar-refractivity contribution < 1.29 is 13.2 Å². The lowest BCUT2D eigenvalue weighted by atomic mass is 10.1. The molecule has 0 aliphatic carbocycles. The number of benzene rings is 2. The number of hydrogen-bond acceptors (Lipinski definition) is 5. The minimum absolute atomic E-state index is 0.0829. The van der Waals surface area contributed by atoms with Gasteiger partial charge in [-0.25, -0.2) is 12.4 Å². The van der Waals surface area contributed by atoms with Crippen LogP contribution in [0.2, 0.25) is 5.02 Å². The fourth-order valence-electron chi connectivity index (χ4n) is 3.62. The molecule has 4 rings (SSSR count). The van der Waals surface area contributed by atoms with E-state index in [0.29, 0.717) is 21.5 Å². The molecular weight excluding hydrogens is 398 g/mol. The summed E-state index contributed by atoms with van der Waals surface area (Å²) in [6, 6.07) is 11.6. The monoisotopic (exact) mass is 417 g/mol. The van der Waals surface area contributed by atoms with Crippen molar-refractivity contribution in [3.63, 3.8) is 0 Å². The second-order valence-electron chi connectivity index (χ2n) is 6.77. The fraction of sp³-hybridized carbons (Fsp3) is 0.250. The average Bonchev–Trinajstić information content (AvgIpc) is 3.09. The molecule has 0 amide bonds. The molecule has 0 bridgehead atoms. The molecule has 1 saturated heterocycles. The summed E-state index contributed by atoms with van der Waals surface area (Å²) in [4.78, 5) is 14.6. The van der Waals surface area contributed by atoms with Crippen molar-refractivity contribution in [1.29, 1.82) is 0 Å². The van der Waals surface area contributed by atoms with Gasteiger partial charge in [0.15, 0.2) is 5.78 Å². The van der Waals surface area contributed by atoms with Crippen LogP contribution in [0.15, 0.2) is 53.6 Å². The first-order valence-corrected chi connectivity index (χ1v) is 10.8. The molecule has 2 aromatic carbocycles. The van der Waals surface area contributed by atoms with Crippen LogP contribution in [-0.4, -0.2) is 44.4 Å². The summed E-state index contributed by atoms with van der Waals surface area (Å²) in [6.07, 6.45) is 1.43. The minimum atomic E-state index is -3.90. The van der Waals surface area contributed by atoms with E-state index in [-0.39, 0.29) is 10.7 Å². The van der Waals surface area contributed by atoms with E-state index >= 15 is 0 Å². The Bertz CT molecular complexity index is 1160. The van der Waals surface area contributed by atoms with E-state index in [0.717, 1.165) is 31.9 Å². The molecule has 0 unspecified atom stereocenters. The third-order valence-electron chi connectivity index (χ3n) is 4.96. The summed E-state index contributed by atoms with van der Waals surface area (Å²) in [5.74, 6) is -0.173. The molecule has 0 saturated carbocycles. The number of aromatic nitrogens is 1. The molecule has 0 radical (unpaired) electrons. The zero-order valence-corrected chi connectivity index (χ0v) is 16.9. The van der Waals surface area contributed by atoms with Crippen molar-refractivity contribution in [3.05, 3.63) is 59.2 Å². The normalized spacial score (nSPS) is 15.1. The summed E-state index contributed by atoms with van der Waals surface area (Å²) in [6.45, 7) is 4.73. The van der Waals surface area contributed by atoms with Crippen LogP contribution in [0.1, 0.15) is 17.3 Å². The molecule has 1 aliphatic heterocycles. The van der Waals surface area contributed by atoms with Crippen LogP contribution in [0.25, 0.3) is 10.9 Å². The Morgan fingerprint density at radius 3 is 2.50 bits per heavy atom. The molecule has 146 valence electrons. The van der Waals surface area contributed by atoms with Crippen molar-refractivity contribution in [3.8, 4) is 0 Å². The van der Waals surface area contributed by atoms with Gasteiger partial charge >= 0.3 is 0 Å². The Labute approximate surface area is 168 Å². The number of ketones is 1. The molecule has 6 nitrogen and oxygen atoms in total. The van der Waals surface area contributed by atoms with Crippen LogP contribution < -0.4 is 10.2 Å². The molecule has 0 atom stereocenters. The molecule has 1 N–H and O–H groups in total. The number of hydrogen-bond donors (Lipinski definition) is 1. The number of Topliss-reactive ketones (excluding diaryl/α,β-unsaturated/α-hetero) is 1. The average molecular weight is 418 g/mol. The third kappa shape index (κ3) is 3.19. The molecular formula is C20H20ClN3O3S. The molecule has 1 fully saturated rings. The maximum Gasteiger partial charge on any atom is 0.268 e. The fourth-order valence-corrected chi connectivity index (χ4v) is 5.28. The predicted molar refractivity (Wildman–Crippen MR) is 111 cm³/mol. The van der Waals surface area contributed by atoms with Crippen LogP contribution in [0.5, 0.6) is 0 Å². The van der Waals surface area contributed by atoms with Gasteiger partial charge in [-0.2, -0.15) is 0 Å². The highest BCUT2D eigenvalue weighted by Gasteiger charge is 2.26. The third-order valence-corrected chi connectivity index (χ3v) is 6.87. The van der Waals surface area contributed by atoms with E-state index < -0.39 is 10.0 Å². The van der Waals surface area contributed by atoms with E-state index in [4.69, 9.17) is 11.6 Å². The van der Waals surface area contributed by atoms with Crippen LogP contribution in [0, 0.1) is 0 Å². The quantitative estimate of drug-likeness (QED) is 0.660. The Hall–Kier alpha value is -2.35. The van der Waals surface area contributed by atoms with Crippen LogP contribution in [0.4, 0.5) is 5.69 Å². The van der Waals surface area contributed by atoms with E-state index in [1.54, 1.807) is 18.2 Å². The Morgan fingerprint density at radius 1 is 1.11 bits per heavy atom. The molecule has 8 heteroatoms. The van der Waals surface area contributed by atoms with Crippen molar-refractivity contribution in [2.75, 3.05) is 31.1 Å². The number of fused-ring (bicyclic) bond motifs is 1. The van der Waals surface area contributed by atoms with Gasteiger partial charge in [0, 0.05) is 54.0 Å². The number of rotatable bonds is 4. The number of nitrogens with one attached hydrogen (secondary N) is 1. The topological polar surface area (TPSA) is 71.4 Å². The number of nitrogens with zero attached hydrogens (tertiary/aromatic N) is 2. The van der Waals surface area contributed by atoms with Gasteiger partial charge in [0.25, 0.3) is 10.0 Å². The first-order valence-electron chi connectivity index (χ1n) is 9.01. The maximum atomic E-state index is 13.3. The summed E-state index contributed by atoms with van der Waals surface area (Å²) < 4.78 is 27.8. The van der Waals surface area contributed by atoms with Crippen molar-refractivity contribution in [2.45, 2.75) is 11.8 Å². The number of carbonyl (C=O) groups is 1. The summed E-state index contributed by atoms with van der Waals surface area (Å²) >= 11 is 6.00. The standard InChI is InChI=1S/C20H20ClN3O3S/c1-14(25)17-13-24(28(26,27)16-5-2-4-15(21)12-16)19-7-3-6-18(20(17)19)23-10-8-22-9-11-23/h2-7,12-13,22H,8-11H2,1H3. The zero-order chi connectivity index (χ0) is 19.9. The molecule has 2 heterocycles. The van der Waals surface area contributed by atoms with E-state index in [2.05, 4.69) is 10.2 Å². The lowest BCUT2D eigenvalue weighted by molar-refractivity contribution is 0.101. The lowest BCUT2D eigenvalue weighted by Crippen LogP contribution is -2.43. The first kappa shape index (κ1) is 19.0. The maximum absolute atomic E-state index is 13.3. The van der Waals surface area contributed by atoms with Gasteiger partial charge in [0.05, 0.1) is 10.4 Å². The summed E-state index contributed by atoms with van der Waals surface area (Å²) in [7, 11) is -3.90. The number of halogens is 1. The number of carbonyl (C=O) groups excluding carboxylic acids is 1. The van der Waals surface area contributed by atoms with Gasteiger partial charge in [-0.3, -0.25) is 4.79 Å². The summed E-state index contributed by atoms with van der Waals surface area (Å²) in [5.41, 5.74) is 1.76. The minimum Gasteiger partial charge on any atom is -0.368 e. The van der Waals surface area contributed by atoms with Gasteiger partial charge < -0.3 is 10.2 Å². The lowest BCUT2D eigenvalue weighted by Gasteiger charge is -2.30. The first-order chi connectivity index (χ1) is 13.4. The SMILES string of the molecule is CC(=O)c1cn(S(=O)(=O)c2cccc(Cl)c2)c2cccc(N3CCNCC3)c12. The largest absolute Gasteiger partial charge is 0.368 e. The Morgan fingerprint density at radius 2 is 1.82 bits per heavy atom. The predicted octanol–water partition coefficient (Wildman–Crippen LogP) is 3.14. The highest BCUT2D eigenvalue weighted by Crippen LogP contribution is 2.34. The van der Waals surface area contributed by atoms with Crippen LogP contribution in [0.3, 0.4) is 0 Å². The Kier molecular flexibility index (Phi) is 4.91. The molecule has 0 spiro atoms. The van der Waals surface area contributed by atoms with Crippen molar-refractivity contribution in [1.82, 2.24) is 9.29 Å². The number of anilines is 1. The van der Waals surface area contributed by atoms with Gasteiger partial charge in [0.1, 0.15) is 0 Å². The zero-order valence-electron chi connectivity index (χ0n) is 15.4. The van der Waals surface area contributed by atoms with Crippen LogP contribution >= 0.6 is 11.6 Å². The second kappa shape index (κ2) is 7.24. The van der Waals surface area contributed by atoms with Crippen molar-refractivity contribution in [2.24, 2.45) is 0 Å². The Balaban J connectivity index is 1.97. The van der Waals surface area contributed by atoms with Gasteiger partial charge in [-0.05, 0) is 37.3 Å². The van der Waals surface area contributed by atoms with Crippen molar-refractivity contribution >= 4 is 44.0 Å². The van der Waals surface area contributed by atoms with E-state index in [9.17, 15) is 13.2 Å². The second-order valence-corrected chi connectivity index (χ2v) is 9.02. The van der Waals surface area contributed by atoms with Gasteiger partial charge in [0.2, 0.25) is 0 Å². The number of piperazine rings is 1. The smallest absolute Gasteiger partial charge is 0.268 e. The highest BCUT2D eigenvalue weighted by atomic mass is 35.5. The van der Waals surface area contributed by atoms with Gasteiger partial charge in [-0.15, -0.1) is 0 Å². The molecule has 1 aliphatic rings. The molecule has 3 aromatic rings. The van der Waals surface area contributed by atoms with E-state index in [1.165, 1.54) is 29.2 Å². The van der Waals surface area contributed by atoms with Gasteiger partial charge in [-0.1, -0.05) is 23.7 Å². The summed E-state index contributed by atoms with van der Waals surface area (Å²) in [5, 5.41) is 4.31. The van der Waals surface area contributed by atoms with Crippen LogP contribution in [-0.2, 0) is 10.0 Å². The van der Waals surface area contributed by atoms with E-state index in [1.807, 2.05) is 12.1 Å². The molecule has 1 aromatic heterocycles. The molecule has 28 heavy (non-hydrogen) atoms. The highest BCUT2D eigenvalue weighted by molar-refractivity contribution is 7.90.